The van der Waals surface area contributed by atoms with E-state index in [1.807, 2.05) is 18.2 Å². The Morgan fingerprint density at radius 3 is 2.90 bits per heavy atom. The molecule has 6 nitrogen and oxygen atoms in total. The van der Waals surface area contributed by atoms with Gasteiger partial charge in [-0.05, 0) is 91.8 Å². The van der Waals surface area contributed by atoms with Crippen LogP contribution in [-0.2, 0) is 27.9 Å². The van der Waals surface area contributed by atoms with Crippen molar-refractivity contribution in [3.05, 3.63) is 70.3 Å². The molecule has 0 aromatic heterocycles. The molecule has 1 fully saturated rings. The third kappa shape index (κ3) is 5.50. The van der Waals surface area contributed by atoms with E-state index in [1.54, 1.807) is 13.2 Å². The molecule has 2 aromatic carbocycles. The van der Waals surface area contributed by atoms with Gasteiger partial charge < -0.3 is 18.9 Å². The Hall–Kier alpha value is -2.19. The van der Waals surface area contributed by atoms with Crippen molar-refractivity contribution in [2.45, 2.75) is 57.0 Å². The number of amides is 1. The van der Waals surface area contributed by atoms with Crippen LogP contribution in [0.4, 0.5) is 5.69 Å². The van der Waals surface area contributed by atoms with Gasteiger partial charge in [-0.2, -0.15) is 4.72 Å². The lowest BCUT2D eigenvalue weighted by Crippen LogP contribution is -2.49. The van der Waals surface area contributed by atoms with Crippen LogP contribution in [0.25, 0.3) is 0 Å². The largest absolute Gasteiger partial charge is 0.593 e. The van der Waals surface area contributed by atoms with Crippen LogP contribution >= 0.6 is 11.6 Å². The minimum Gasteiger partial charge on any atom is -0.593 e. The fourth-order valence-corrected chi connectivity index (χ4v) is 8.42. The highest BCUT2D eigenvalue weighted by Gasteiger charge is 2.44. The van der Waals surface area contributed by atoms with Gasteiger partial charge in [0.2, 0.25) is 0 Å². The van der Waals surface area contributed by atoms with Crippen LogP contribution in [0.15, 0.2) is 48.6 Å². The number of halogens is 1. The first-order valence-electron chi connectivity index (χ1n) is 14.5. The summed E-state index contributed by atoms with van der Waals surface area (Å²) in [7, 11) is 1.80. The van der Waals surface area contributed by atoms with E-state index in [9.17, 15) is 9.35 Å². The van der Waals surface area contributed by atoms with E-state index in [2.05, 4.69) is 40.8 Å². The zero-order valence-corrected chi connectivity index (χ0v) is 24.9. The van der Waals surface area contributed by atoms with Crippen molar-refractivity contribution in [1.29, 1.82) is 0 Å². The summed E-state index contributed by atoms with van der Waals surface area (Å²) in [5.74, 6) is 1.98. The number of hydrogen-bond donors (Lipinski definition) is 1. The molecule has 6 rings (SSSR count). The van der Waals surface area contributed by atoms with E-state index in [0.29, 0.717) is 29.8 Å². The fraction of sp³-hybridized carbons (Fsp3) is 0.531. The number of allylic oxidation sites excluding steroid dienone is 1. The van der Waals surface area contributed by atoms with Crippen LogP contribution in [0, 0.1) is 17.8 Å². The third-order valence-corrected chi connectivity index (χ3v) is 11.0. The van der Waals surface area contributed by atoms with Crippen LogP contribution in [-0.4, -0.2) is 49.1 Å². The normalized spacial score (nSPS) is 33.0. The number of rotatable bonds is 1. The second-order valence-electron chi connectivity index (χ2n) is 12.2. The summed E-state index contributed by atoms with van der Waals surface area (Å²) in [5, 5.41) is 0.775. The standard InChI is InChI=1S/C32H39ClN2O4S/c1-21-5-3-7-29(38-2)26-11-8-24(26)17-35-19-32(14-4-6-22-15-25(33)10-12-27(22)32)20-39-30-13-9-23(16-28(30)35)31(36)34-40(37)18-21/h3,7,9-10,12-13,15-16,21,24,26,29H,4-6,8,11,14,17-20H2,1-2H3,(H,34,36)/b7-3+. The lowest BCUT2D eigenvalue weighted by molar-refractivity contribution is 0.0131. The molecule has 8 heteroatoms. The number of aryl methyl sites for hydroxylation is 1. The van der Waals surface area contributed by atoms with Crippen molar-refractivity contribution < 1.29 is 18.8 Å². The molecule has 1 saturated carbocycles. The maximum absolute atomic E-state index is 13.2. The maximum Gasteiger partial charge on any atom is 0.292 e. The van der Waals surface area contributed by atoms with Gasteiger partial charge in [0.05, 0.1) is 29.8 Å². The van der Waals surface area contributed by atoms with Crippen LogP contribution in [0.2, 0.25) is 5.02 Å². The predicted molar refractivity (Wildman–Crippen MR) is 161 cm³/mol. The highest BCUT2D eigenvalue weighted by molar-refractivity contribution is 7.90. The molecule has 1 amide bonds. The van der Waals surface area contributed by atoms with Crippen LogP contribution in [0.1, 0.15) is 60.5 Å². The Balaban J connectivity index is 1.40. The van der Waals surface area contributed by atoms with E-state index in [-0.39, 0.29) is 23.3 Å². The predicted octanol–water partition coefficient (Wildman–Crippen LogP) is 5.84. The maximum atomic E-state index is 13.2. The quantitative estimate of drug-likeness (QED) is 0.338. The lowest BCUT2D eigenvalue weighted by atomic mass is 9.68. The summed E-state index contributed by atoms with van der Waals surface area (Å²) >= 11 is 4.95. The van der Waals surface area contributed by atoms with Gasteiger partial charge in [0.25, 0.3) is 5.91 Å². The summed E-state index contributed by atoms with van der Waals surface area (Å²) in [5.41, 5.74) is 3.91. The molecule has 2 aliphatic heterocycles. The highest BCUT2D eigenvalue weighted by atomic mass is 35.5. The van der Waals surface area contributed by atoms with Crippen LogP contribution < -0.4 is 14.4 Å². The molecular weight excluding hydrogens is 544 g/mol. The average Bonchev–Trinajstić information content (AvgIpc) is 3.06. The topological polar surface area (TPSA) is 73.9 Å². The molecular formula is C32H39ClN2O4S. The van der Waals surface area contributed by atoms with Gasteiger partial charge in [0.1, 0.15) is 11.5 Å². The summed E-state index contributed by atoms with van der Waals surface area (Å²) < 4.78 is 28.1. The number of methoxy groups -OCH3 is 1. The number of carbonyl (C=O) groups excluding carboxylic acids is 1. The Morgan fingerprint density at radius 2 is 2.10 bits per heavy atom. The van der Waals surface area contributed by atoms with Crippen LogP contribution in [0.3, 0.4) is 0 Å². The summed E-state index contributed by atoms with van der Waals surface area (Å²) in [6.45, 7) is 4.32. The molecule has 1 N–H and O–H groups in total. The molecule has 0 saturated heterocycles. The highest BCUT2D eigenvalue weighted by Crippen LogP contribution is 2.47. The van der Waals surface area contributed by atoms with Gasteiger partial charge in [0.15, 0.2) is 0 Å². The number of fused-ring (bicyclic) bond motifs is 4. The van der Waals surface area contributed by atoms with Crippen molar-refractivity contribution >= 4 is 34.6 Å². The molecule has 1 spiro atoms. The van der Waals surface area contributed by atoms with E-state index >= 15 is 0 Å². The molecule has 214 valence electrons. The van der Waals surface area contributed by atoms with Crippen molar-refractivity contribution in [3.8, 4) is 5.75 Å². The van der Waals surface area contributed by atoms with E-state index < -0.39 is 11.4 Å². The minimum absolute atomic E-state index is 0.0598. The molecule has 6 unspecified atom stereocenters. The van der Waals surface area contributed by atoms with Gasteiger partial charge in [-0.15, -0.1) is 0 Å². The van der Waals surface area contributed by atoms with Crippen molar-refractivity contribution in [2.24, 2.45) is 17.8 Å². The van der Waals surface area contributed by atoms with Gasteiger partial charge in [-0.25, -0.2) is 0 Å². The first-order valence-corrected chi connectivity index (χ1v) is 16.2. The van der Waals surface area contributed by atoms with Crippen molar-refractivity contribution in [2.75, 3.05) is 37.5 Å². The van der Waals surface area contributed by atoms with Crippen LogP contribution in [0.5, 0.6) is 5.75 Å². The summed E-state index contributed by atoms with van der Waals surface area (Å²) in [6.07, 6.45) is 10.7. The van der Waals surface area contributed by atoms with E-state index in [1.165, 1.54) is 11.1 Å². The van der Waals surface area contributed by atoms with E-state index in [0.717, 1.165) is 68.1 Å². The number of nitrogens with one attached hydrogen (secondary N) is 1. The molecule has 40 heavy (non-hydrogen) atoms. The second kappa shape index (κ2) is 11.6. The van der Waals surface area contributed by atoms with Crippen molar-refractivity contribution in [1.82, 2.24) is 4.72 Å². The summed E-state index contributed by atoms with van der Waals surface area (Å²) in [4.78, 5) is 15.7. The Bertz CT molecular complexity index is 1290. The molecule has 2 aromatic rings. The van der Waals surface area contributed by atoms with Gasteiger partial charge in [0, 0.05) is 42.1 Å². The monoisotopic (exact) mass is 582 g/mol. The molecule has 2 aliphatic carbocycles. The zero-order valence-electron chi connectivity index (χ0n) is 23.4. The molecule has 0 radical (unpaired) electrons. The van der Waals surface area contributed by atoms with Gasteiger partial charge in [-0.1, -0.05) is 36.7 Å². The molecule has 6 atom stereocenters. The van der Waals surface area contributed by atoms with Gasteiger partial charge >= 0.3 is 0 Å². The van der Waals surface area contributed by atoms with E-state index in [4.69, 9.17) is 21.1 Å². The summed E-state index contributed by atoms with van der Waals surface area (Å²) in [6, 6.07) is 11.9. The Labute approximate surface area is 245 Å². The Morgan fingerprint density at radius 1 is 1.23 bits per heavy atom. The first-order chi connectivity index (χ1) is 19.3. The number of ether oxygens (including phenoxy) is 2. The number of carbonyl (C=O) groups is 1. The lowest BCUT2D eigenvalue weighted by Gasteiger charge is -2.46. The molecule has 4 aliphatic rings. The smallest absolute Gasteiger partial charge is 0.292 e. The zero-order chi connectivity index (χ0) is 27.9. The fourth-order valence-electron chi connectivity index (χ4n) is 7.16. The molecule has 2 bridgehead atoms. The molecule has 2 heterocycles. The average molecular weight is 583 g/mol. The number of anilines is 1. The number of benzene rings is 2. The number of hydrogen-bond acceptors (Lipinski definition) is 5. The SMILES string of the molecule is COC1/C=C/CC(C)C[S+]([O-])NC(=O)c2ccc3c(c2)N(CC2CCC21)CC1(CCCc2cc(Cl)ccc21)CO3. The third-order valence-electron chi connectivity index (χ3n) is 9.43. The second-order valence-corrected chi connectivity index (χ2v) is 13.9. The van der Waals surface area contributed by atoms with Gasteiger partial charge in [-0.3, -0.25) is 4.79 Å². The Kier molecular flexibility index (Phi) is 8.10. The van der Waals surface area contributed by atoms with Crippen molar-refractivity contribution in [3.63, 3.8) is 0 Å². The first kappa shape index (κ1) is 28.0. The minimum atomic E-state index is -1.46. The number of nitrogens with zero attached hydrogens (tertiary/aromatic N) is 1.